The lowest BCUT2D eigenvalue weighted by Crippen LogP contribution is -2.29. The number of benzene rings is 2. The van der Waals surface area contributed by atoms with Crippen molar-refractivity contribution in [3.8, 4) is 0 Å². The first-order valence-electron chi connectivity index (χ1n) is 10.3. The van der Waals surface area contributed by atoms with Crippen LogP contribution < -0.4 is 10.9 Å². The molecule has 1 N–H and O–H groups in total. The molecule has 33 heavy (non-hydrogen) atoms. The Morgan fingerprint density at radius 2 is 1.79 bits per heavy atom. The summed E-state index contributed by atoms with van der Waals surface area (Å²) < 4.78 is 42.5. The predicted octanol–water partition coefficient (Wildman–Crippen LogP) is 3.73. The smallest absolute Gasteiger partial charge is 0.255 e. The number of rotatable bonds is 6. The summed E-state index contributed by atoms with van der Waals surface area (Å²) in [4.78, 5) is 24.5. The summed E-state index contributed by atoms with van der Waals surface area (Å²) in [6, 6.07) is 13.1. The third kappa shape index (κ3) is 5.00. The molecule has 4 rings (SSSR count). The maximum absolute atomic E-state index is 14.4. The van der Waals surface area contributed by atoms with Gasteiger partial charge < -0.3 is 9.88 Å². The Bertz CT molecular complexity index is 1370. The minimum absolute atomic E-state index is 0.0157. The molecule has 1 saturated heterocycles. The third-order valence-corrected chi connectivity index (χ3v) is 7.70. The van der Waals surface area contributed by atoms with E-state index in [0.29, 0.717) is 36.6 Å². The number of nitrogens with zero attached hydrogens (tertiary/aromatic N) is 2. The SMILES string of the molecule is O=C(Nc1ccc(=O)n(Cc2ccccc2Cl)c1)c1ccc(F)c(S(=O)(=O)N2CCCC2)c1. The molecule has 1 fully saturated rings. The van der Waals surface area contributed by atoms with Crippen LogP contribution in [0.15, 0.2) is 70.5 Å². The molecule has 2 heterocycles. The second-order valence-corrected chi connectivity index (χ2v) is 10.00. The van der Waals surface area contributed by atoms with E-state index in [4.69, 9.17) is 11.6 Å². The van der Waals surface area contributed by atoms with Crippen LogP contribution in [-0.4, -0.2) is 36.3 Å². The van der Waals surface area contributed by atoms with Gasteiger partial charge in [-0.2, -0.15) is 4.31 Å². The number of pyridine rings is 1. The highest BCUT2D eigenvalue weighted by molar-refractivity contribution is 7.89. The highest BCUT2D eigenvalue weighted by atomic mass is 35.5. The number of hydrogen-bond acceptors (Lipinski definition) is 4. The number of amides is 1. The summed E-state index contributed by atoms with van der Waals surface area (Å²) in [6.45, 7) is 0.855. The van der Waals surface area contributed by atoms with E-state index in [-0.39, 0.29) is 17.7 Å². The number of anilines is 1. The summed E-state index contributed by atoms with van der Waals surface area (Å²) in [7, 11) is -4.03. The van der Waals surface area contributed by atoms with Crippen LogP contribution in [0.5, 0.6) is 0 Å². The van der Waals surface area contributed by atoms with E-state index in [0.717, 1.165) is 17.7 Å². The Morgan fingerprint density at radius 3 is 2.52 bits per heavy atom. The van der Waals surface area contributed by atoms with Gasteiger partial charge in [-0.15, -0.1) is 0 Å². The Kier molecular flexibility index (Phi) is 6.64. The van der Waals surface area contributed by atoms with Gasteiger partial charge in [0.2, 0.25) is 10.0 Å². The van der Waals surface area contributed by atoms with Gasteiger partial charge in [0.1, 0.15) is 10.7 Å². The highest BCUT2D eigenvalue weighted by Gasteiger charge is 2.30. The minimum atomic E-state index is -4.03. The van der Waals surface area contributed by atoms with Gasteiger partial charge in [-0.3, -0.25) is 9.59 Å². The van der Waals surface area contributed by atoms with Gasteiger partial charge in [-0.25, -0.2) is 12.8 Å². The molecule has 10 heteroatoms. The second kappa shape index (κ2) is 9.46. The highest BCUT2D eigenvalue weighted by Crippen LogP contribution is 2.24. The molecule has 0 spiro atoms. The summed E-state index contributed by atoms with van der Waals surface area (Å²) in [5.41, 5.74) is 0.756. The first kappa shape index (κ1) is 23.2. The van der Waals surface area contributed by atoms with Gasteiger partial charge >= 0.3 is 0 Å². The number of sulfonamides is 1. The van der Waals surface area contributed by atoms with Crippen molar-refractivity contribution in [2.75, 3.05) is 18.4 Å². The summed E-state index contributed by atoms with van der Waals surface area (Å²) in [5.74, 6) is -1.54. The zero-order valence-electron chi connectivity index (χ0n) is 17.5. The Labute approximate surface area is 195 Å². The predicted molar refractivity (Wildman–Crippen MR) is 124 cm³/mol. The van der Waals surface area contributed by atoms with Gasteiger partial charge in [-0.1, -0.05) is 29.8 Å². The zero-order chi connectivity index (χ0) is 23.6. The molecule has 1 amide bonds. The number of halogens is 2. The van der Waals surface area contributed by atoms with Crippen LogP contribution in [0, 0.1) is 5.82 Å². The lowest BCUT2D eigenvalue weighted by molar-refractivity contribution is 0.102. The van der Waals surface area contributed by atoms with E-state index >= 15 is 0 Å². The molecular weight excluding hydrogens is 469 g/mol. The van der Waals surface area contributed by atoms with Gasteiger partial charge in [0.05, 0.1) is 12.2 Å². The van der Waals surface area contributed by atoms with Gasteiger partial charge in [0, 0.05) is 35.9 Å². The first-order chi connectivity index (χ1) is 15.8. The number of aromatic nitrogens is 1. The average molecular weight is 490 g/mol. The monoisotopic (exact) mass is 489 g/mol. The lowest BCUT2D eigenvalue weighted by Gasteiger charge is -2.16. The van der Waals surface area contributed by atoms with E-state index in [1.54, 1.807) is 24.3 Å². The summed E-state index contributed by atoms with van der Waals surface area (Å²) in [5, 5.41) is 3.14. The first-order valence-corrected chi connectivity index (χ1v) is 12.1. The molecule has 0 radical (unpaired) electrons. The number of nitrogens with one attached hydrogen (secondary N) is 1. The maximum Gasteiger partial charge on any atom is 0.255 e. The van der Waals surface area contributed by atoms with E-state index in [2.05, 4.69) is 5.32 Å². The summed E-state index contributed by atoms with van der Waals surface area (Å²) >= 11 is 6.17. The fraction of sp³-hybridized carbons (Fsp3) is 0.217. The molecule has 1 aromatic heterocycles. The topological polar surface area (TPSA) is 88.5 Å². The van der Waals surface area contributed by atoms with Crippen LogP contribution in [0.2, 0.25) is 5.02 Å². The molecule has 0 aliphatic carbocycles. The molecule has 0 saturated carbocycles. The molecule has 0 atom stereocenters. The van der Waals surface area contributed by atoms with Crippen molar-refractivity contribution >= 4 is 33.2 Å². The third-order valence-electron chi connectivity index (χ3n) is 5.42. The average Bonchev–Trinajstić information content (AvgIpc) is 3.34. The molecule has 1 aliphatic rings. The molecule has 0 bridgehead atoms. The fourth-order valence-electron chi connectivity index (χ4n) is 3.65. The Hall–Kier alpha value is -3.01. The van der Waals surface area contributed by atoms with E-state index < -0.39 is 26.6 Å². The van der Waals surface area contributed by atoms with Crippen molar-refractivity contribution in [2.24, 2.45) is 0 Å². The Balaban J connectivity index is 1.58. The van der Waals surface area contributed by atoms with Crippen LogP contribution in [0.3, 0.4) is 0 Å². The van der Waals surface area contributed by atoms with Crippen molar-refractivity contribution in [1.82, 2.24) is 8.87 Å². The molecular formula is C23H21ClFN3O4S. The van der Waals surface area contributed by atoms with Crippen LogP contribution in [0.4, 0.5) is 10.1 Å². The number of carbonyl (C=O) groups is 1. The van der Waals surface area contributed by atoms with Crippen LogP contribution in [0.25, 0.3) is 0 Å². The minimum Gasteiger partial charge on any atom is -0.321 e. The normalized spacial score (nSPS) is 14.4. The van der Waals surface area contributed by atoms with Crippen molar-refractivity contribution < 1.29 is 17.6 Å². The summed E-state index contributed by atoms with van der Waals surface area (Å²) in [6.07, 6.45) is 2.89. The van der Waals surface area contributed by atoms with Crippen LogP contribution >= 0.6 is 11.6 Å². The van der Waals surface area contributed by atoms with Crippen LogP contribution in [0.1, 0.15) is 28.8 Å². The lowest BCUT2D eigenvalue weighted by atomic mass is 10.2. The largest absolute Gasteiger partial charge is 0.321 e. The molecule has 172 valence electrons. The van der Waals surface area contributed by atoms with Crippen molar-refractivity contribution in [3.05, 3.63) is 93.1 Å². The van der Waals surface area contributed by atoms with Crippen molar-refractivity contribution in [2.45, 2.75) is 24.3 Å². The number of hydrogen-bond donors (Lipinski definition) is 1. The standard InChI is InChI=1S/C23H21ClFN3O4S/c24-19-6-2-1-5-17(19)14-27-15-18(8-10-22(27)29)26-23(30)16-7-9-20(25)21(13-16)33(31,32)28-11-3-4-12-28/h1-2,5-10,13,15H,3-4,11-12,14H2,(H,26,30). The molecule has 0 unspecified atom stereocenters. The Morgan fingerprint density at radius 1 is 1.06 bits per heavy atom. The van der Waals surface area contributed by atoms with Crippen molar-refractivity contribution in [3.63, 3.8) is 0 Å². The maximum atomic E-state index is 14.4. The number of carbonyl (C=O) groups excluding carboxylic acids is 1. The second-order valence-electron chi connectivity index (χ2n) is 7.69. The van der Waals surface area contributed by atoms with Gasteiger partial charge in [-0.05, 0) is 48.7 Å². The van der Waals surface area contributed by atoms with E-state index in [9.17, 15) is 22.4 Å². The van der Waals surface area contributed by atoms with Gasteiger partial charge in [0.15, 0.2) is 0 Å². The van der Waals surface area contributed by atoms with Crippen LogP contribution in [-0.2, 0) is 16.6 Å². The fourth-order valence-corrected chi connectivity index (χ4v) is 5.46. The van der Waals surface area contributed by atoms with Crippen molar-refractivity contribution in [1.29, 1.82) is 0 Å². The molecule has 1 aliphatic heterocycles. The zero-order valence-corrected chi connectivity index (χ0v) is 19.1. The molecule has 2 aromatic carbocycles. The molecule has 7 nitrogen and oxygen atoms in total. The molecule has 3 aromatic rings. The van der Waals surface area contributed by atoms with E-state index in [1.165, 1.54) is 33.3 Å². The van der Waals surface area contributed by atoms with Gasteiger partial charge in [0.25, 0.3) is 11.5 Å². The van der Waals surface area contributed by atoms with E-state index in [1.807, 2.05) is 0 Å². The quantitative estimate of drug-likeness (QED) is 0.571.